The summed E-state index contributed by atoms with van der Waals surface area (Å²) < 4.78 is 29.5. The second kappa shape index (κ2) is 4.69. The molecule has 1 aromatic heterocycles. The number of nitrogens with one attached hydrogen (secondary N) is 1. The fraction of sp³-hybridized carbons (Fsp3) is 0.429. The van der Waals surface area contributed by atoms with Gasteiger partial charge in [-0.1, -0.05) is 0 Å². The first-order valence-electron chi connectivity index (χ1n) is 3.94. The van der Waals surface area contributed by atoms with Crippen LogP contribution in [0.3, 0.4) is 0 Å². The number of carbonyl (C=O) groups excluding carboxylic acids is 1. The molecule has 0 aliphatic rings. The highest BCUT2D eigenvalue weighted by Crippen LogP contribution is 2.16. The Morgan fingerprint density at radius 1 is 1.67 bits per heavy atom. The molecule has 0 spiro atoms. The lowest BCUT2D eigenvalue weighted by Gasteiger charge is -2.01. The molecule has 1 N–H and O–H groups in total. The molecular formula is C7H10N2O4S2. The summed E-state index contributed by atoms with van der Waals surface area (Å²) >= 11 is 1.04. The zero-order chi connectivity index (χ0) is 11.5. The van der Waals surface area contributed by atoms with Gasteiger partial charge in [0.05, 0.1) is 18.3 Å². The number of hydrogen-bond acceptors (Lipinski definition) is 6. The molecule has 0 aliphatic heterocycles. The van der Waals surface area contributed by atoms with E-state index < -0.39 is 16.0 Å². The van der Waals surface area contributed by atoms with E-state index in [-0.39, 0.29) is 10.8 Å². The molecule has 1 rings (SSSR count). The first-order chi connectivity index (χ1) is 6.95. The standard InChI is InChI=1S/C7H10N2O4S2/c1-5-8-4-7(14-5)15(11,12)9-3-6(10)13-2/h4,9H,3H2,1-2H3. The number of aryl methyl sites for hydroxylation is 1. The number of aromatic nitrogens is 1. The molecule has 8 heteroatoms. The van der Waals surface area contributed by atoms with E-state index in [1.807, 2.05) is 0 Å². The Balaban J connectivity index is 2.72. The van der Waals surface area contributed by atoms with Crippen LogP contribution in [0, 0.1) is 6.92 Å². The van der Waals surface area contributed by atoms with E-state index >= 15 is 0 Å². The Bertz CT molecular complexity index is 451. The lowest BCUT2D eigenvalue weighted by atomic mass is 10.7. The van der Waals surface area contributed by atoms with Crippen molar-refractivity contribution in [2.45, 2.75) is 11.1 Å². The van der Waals surface area contributed by atoms with Crippen molar-refractivity contribution in [2.24, 2.45) is 0 Å². The minimum absolute atomic E-state index is 0.0869. The number of methoxy groups -OCH3 is 1. The van der Waals surface area contributed by atoms with Crippen molar-refractivity contribution in [1.29, 1.82) is 0 Å². The van der Waals surface area contributed by atoms with Gasteiger partial charge in [0, 0.05) is 0 Å². The largest absolute Gasteiger partial charge is 0.468 e. The van der Waals surface area contributed by atoms with Crippen LogP contribution in [0.1, 0.15) is 5.01 Å². The Hall–Kier alpha value is -0.990. The van der Waals surface area contributed by atoms with Crippen molar-refractivity contribution in [3.63, 3.8) is 0 Å². The van der Waals surface area contributed by atoms with Crippen LogP contribution in [-0.4, -0.2) is 33.0 Å². The predicted octanol–water partition coefficient (Wildman–Crippen LogP) is -0.0972. The van der Waals surface area contributed by atoms with Crippen LogP contribution >= 0.6 is 11.3 Å². The minimum atomic E-state index is -3.64. The van der Waals surface area contributed by atoms with Crippen LogP contribution in [0.4, 0.5) is 0 Å². The Labute approximate surface area is 91.3 Å². The second-order valence-electron chi connectivity index (χ2n) is 2.60. The molecule has 84 valence electrons. The maximum Gasteiger partial charge on any atom is 0.320 e. The highest BCUT2D eigenvalue weighted by atomic mass is 32.2. The van der Waals surface area contributed by atoms with Crippen molar-refractivity contribution in [3.05, 3.63) is 11.2 Å². The highest BCUT2D eigenvalue weighted by Gasteiger charge is 2.18. The smallest absolute Gasteiger partial charge is 0.320 e. The molecule has 0 radical (unpaired) electrons. The first kappa shape index (κ1) is 12.1. The molecule has 1 heterocycles. The van der Waals surface area contributed by atoms with Crippen LogP contribution in [-0.2, 0) is 19.6 Å². The average molecular weight is 250 g/mol. The highest BCUT2D eigenvalue weighted by molar-refractivity contribution is 7.91. The van der Waals surface area contributed by atoms with Gasteiger partial charge in [0.25, 0.3) is 10.0 Å². The number of carbonyl (C=O) groups is 1. The Morgan fingerprint density at radius 2 is 2.33 bits per heavy atom. The summed E-state index contributed by atoms with van der Waals surface area (Å²) in [4.78, 5) is 14.5. The van der Waals surface area contributed by atoms with E-state index in [1.54, 1.807) is 6.92 Å². The fourth-order valence-corrected chi connectivity index (χ4v) is 2.88. The van der Waals surface area contributed by atoms with Gasteiger partial charge >= 0.3 is 5.97 Å². The van der Waals surface area contributed by atoms with Gasteiger partial charge < -0.3 is 4.74 Å². The maximum atomic E-state index is 11.5. The van der Waals surface area contributed by atoms with E-state index in [0.717, 1.165) is 11.3 Å². The van der Waals surface area contributed by atoms with E-state index in [0.29, 0.717) is 5.01 Å². The average Bonchev–Trinajstić information content (AvgIpc) is 2.62. The Kier molecular flexibility index (Phi) is 3.77. The number of hydrogen-bond donors (Lipinski definition) is 1. The molecule has 0 amide bonds. The van der Waals surface area contributed by atoms with E-state index in [4.69, 9.17) is 0 Å². The van der Waals surface area contributed by atoms with E-state index in [2.05, 4.69) is 14.4 Å². The second-order valence-corrected chi connectivity index (χ2v) is 5.83. The van der Waals surface area contributed by atoms with Gasteiger partial charge in [0.2, 0.25) is 0 Å². The molecule has 0 aromatic carbocycles. The lowest BCUT2D eigenvalue weighted by molar-refractivity contribution is -0.139. The quantitative estimate of drug-likeness (QED) is 0.754. The van der Waals surface area contributed by atoms with Crippen molar-refractivity contribution in [1.82, 2.24) is 9.71 Å². The van der Waals surface area contributed by atoms with Gasteiger partial charge in [-0.05, 0) is 6.92 Å². The van der Waals surface area contributed by atoms with Crippen molar-refractivity contribution < 1.29 is 17.9 Å². The van der Waals surface area contributed by atoms with E-state index in [1.165, 1.54) is 13.3 Å². The monoisotopic (exact) mass is 250 g/mol. The van der Waals surface area contributed by atoms with Gasteiger partial charge in [-0.25, -0.2) is 13.4 Å². The summed E-state index contributed by atoms with van der Waals surface area (Å²) in [7, 11) is -2.45. The SMILES string of the molecule is COC(=O)CNS(=O)(=O)c1cnc(C)s1. The lowest BCUT2D eigenvalue weighted by Crippen LogP contribution is -2.29. The molecule has 15 heavy (non-hydrogen) atoms. The third kappa shape index (κ3) is 3.26. The maximum absolute atomic E-state index is 11.5. The van der Waals surface area contributed by atoms with Crippen molar-refractivity contribution in [2.75, 3.05) is 13.7 Å². The molecular weight excluding hydrogens is 240 g/mol. The summed E-state index contributed by atoms with van der Waals surface area (Å²) in [6, 6.07) is 0. The fourth-order valence-electron chi connectivity index (χ4n) is 0.763. The van der Waals surface area contributed by atoms with Gasteiger partial charge in [0.1, 0.15) is 6.54 Å². The zero-order valence-corrected chi connectivity index (χ0v) is 9.81. The van der Waals surface area contributed by atoms with Crippen LogP contribution in [0.15, 0.2) is 10.4 Å². The first-order valence-corrected chi connectivity index (χ1v) is 6.24. The molecule has 1 aromatic rings. The molecule has 0 saturated carbocycles. The van der Waals surface area contributed by atoms with Gasteiger partial charge in [-0.3, -0.25) is 4.79 Å². The third-order valence-corrected chi connectivity index (χ3v) is 4.27. The summed E-state index contributed by atoms with van der Waals surface area (Å²) in [6.45, 7) is 1.32. The van der Waals surface area contributed by atoms with Gasteiger partial charge in [-0.2, -0.15) is 4.72 Å². The third-order valence-electron chi connectivity index (χ3n) is 1.50. The summed E-state index contributed by atoms with van der Waals surface area (Å²) in [5.74, 6) is -0.639. The molecule has 6 nitrogen and oxygen atoms in total. The molecule has 0 fully saturated rings. The van der Waals surface area contributed by atoms with Crippen LogP contribution in [0.25, 0.3) is 0 Å². The Morgan fingerprint density at radius 3 is 2.80 bits per heavy atom. The van der Waals surface area contributed by atoms with Crippen LogP contribution in [0.2, 0.25) is 0 Å². The molecule has 0 bridgehead atoms. The topological polar surface area (TPSA) is 85.4 Å². The number of sulfonamides is 1. The van der Waals surface area contributed by atoms with Crippen molar-refractivity contribution in [3.8, 4) is 0 Å². The number of thiazole rings is 1. The number of ether oxygens (including phenoxy) is 1. The van der Waals surface area contributed by atoms with Crippen LogP contribution < -0.4 is 4.72 Å². The van der Waals surface area contributed by atoms with Gasteiger partial charge in [-0.15, -0.1) is 11.3 Å². The zero-order valence-electron chi connectivity index (χ0n) is 8.18. The number of rotatable bonds is 4. The number of nitrogens with zero attached hydrogens (tertiary/aromatic N) is 1. The number of esters is 1. The summed E-state index contributed by atoms with van der Waals surface area (Å²) in [5.41, 5.74) is 0. The van der Waals surface area contributed by atoms with Crippen molar-refractivity contribution >= 4 is 27.3 Å². The minimum Gasteiger partial charge on any atom is -0.468 e. The molecule has 0 atom stereocenters. The van der Waals surface area contributed by atoms with Crippen LogP contribution in [0.5, 0.6) is 0 Å². The molecule has 0 aliphatic carbocycles. The molecule has 0 unspecified atom stereocenters. The van der Waals surface area contributed by atoms with E-state index in [9.17, 15) is 13.2 Å². The normalized spacial score (nSPS) is 11.3. The predicted molar refractivity (Wildman–Crippen MR) is 54.1 cm³/mol. The summed E-state index contributed by atoms with van der Waals surface area (Å²) in [6.07, 6.45) is 1.25. The molecule has 0 saturated heterocycles. The summed E-state index contributed by atoms with van der Waals surface area (Å²) in [5, 5.41) is 0.647. The van der Waals surface area contributed by atoms with Gasteiger partial charge in [0.15, 0.2) is 4.21 Å².